The van der Waals surface area contributed by atoms with Crippen LogP contribution in [0.3, 0.4) is 0 Å². The van der Waals surface area contributed by atoms with Crippen LogP contribution in [0.15, 0.2) is 54.3 Å². The number of piperazine rings is 1. The Hall–Kier alpha value is -5.68. The van der Waals surface area contributed by atoms with Crippen molar-refractivity contribution in [3.63, 3.8) is 0 Å². The number of carbonyl (C=O) groups is 3. The molecule has 3 saturated heterocycles. The number of aliphatic hydroxyl groups excluding tert-OH is 1. The highest BCUT2D eigenvalue weighted by molar-refractivity contribution is 7.13. The Kier molecular flexibility index (Phi) is 18.3. The summed E-state index contributed by atoms with van der Waals surface area (Å²) in [5.41, 5.74) is 5.85. The van der Waals surface area contributed by atoms with Crippen molar-refractivity contribution >= 4 is 57.7 Å². The molecule has 3 aliphatic rings. The van der Waals surface area contributed by atoms with Crippen molar-refractivity contribution in [2.75, 3.05) is 96.0 Å². The highest BCUT2D eigenvalue weighted by atomic mass is 32.1. The van der Waals surface area contributed by atoms with Crippen LogP contribution in [0.2, 0.25) is 0 Å². The quantitative estimate of drug-likeness (QED) is 0.0702. The number of hydrogen-bond donors (Lipinski definition) is 4. The average molecular weight is 1040 g/mol. The number of anilines is 3. The summed E-state index contributed by atoms with van der Waals surface area (Å²) in [5, 5.41) is 20.0. The highest BCUT2D eigenvalue weighted by Crippen LogP contribution is 2.31. The Morgan fingerprint density at radius 1 is 0.878 bits per heavy atom. The largest absolute Gasteiger partial charge is 0.391 e. The Bertz CT molecular complexity index is 2660. The van der Waals surface area contributed by atoms with E-state index in [1.54, 1.807) is 30.8 Å². The normalized spacial score (nSPS) is 19.1. The van der Waals surface area contributed by atoms with E-state index in [1.807, 2.05) is 76.5 Å². The first-order valence-electron chi connectivity index (χ1n) is 26.0. The molecule has 0 aliphatic carbocycles. The molecule has 20 nitrogen and oxygen atoms in total. The standard InChI is InChI=1S/C53H75N13O7S/c1-34(2)66-42-28-45(59-44-13-16-54-52(60-44)64-17-14-40(71-8)15-18-64)55-29-41(42)58-46(66)31-72-25-23-62-19-21-63(22-20-62)24-26-73-32-47(68)61-49(53(5,6)7)51(70)65-30-39(67)27-43(65)50(69)57-35(3)37-9-11-38(12-10-37)48-36(4)56-33-74-48/h9-13,16,28-29,33-35,39-40,43,49,67H,14-15,17-27,30-32H2,1-8H3,(H,57,69)(H,61,68)(H,54,55,59,60)/t35-,39+,43-,49+/m0/s1. The molecule has 0 spiro atoms. The molecule has 74 heavy (non-hydrogen) atoms. The number of benzene rings is 1. The average Bonchev–Trinajstić information content (AvgIpc) is 4.12. The molecule has 0 radical (unpaired) electrons. The van der Waals surface area contributed by atoms with Crippen LogP contribution in [0.5, 0.6) is 0 Å². The summed E-state index contributed by atoms with van der Waals surface area (Å²) in [6, 6.07) is 9.83. The lowest BCUT2D eigenvalue weighted by Gasteiger charge is -2.35. The van der Waals surface area contributed by atoms with Gasteiger partial charge in [0.15, 0.2) is 0 Å². The maximum atomic E-state index is 14.2. The molecule has 0 unspecified atom stereocenters. The van der Waals surface area contributed by atoms with Gasteiger partial charge in [-0.3, -0.25) is 24.2 Å². The fourth-order valence-electron chi connectivity index (χ4n) is 9.96. The van der Waals surface area contributed by atoms with Crippen molar-refractivity contribution in [1.82, 2.24) is 54.8 Å². The summed E-state index contributed by atoms with van der Waals surface area (Å²) < 4.78 is 19.8. The molecule has 0 saturated carbocycles. The first-order chi connectivity index (χ1) is 35.5. The van der Waals surface area contributed by atoms with Gasteiger partial charge in [0.05, 0.1) is 59.3 Å². The van der Waals surface area contributed by atoms with E-state index in [9.17, 15) is 19.5 Å². The topological polar surface area (TPSA) is 218 Å². The van der Waals surface area contributed by atoms with Crippen LogP contribution >= 0.6 is 11.3 Å². The lowest BCUT2D eigenvalue weighted by molar-refractivity contribution is -0.144. The lowest BCUT2D eigenvalue weighted by Crippen LogP contribution is -2.58. The number of thiazole rings is 1. The third-order valence-electron chi connectivity index (χ3n) is 14.2. The molecular weight excluding hydrogens is 963 g/mol. The molecule has 21 heteroatoms. The molecule has 4 aromatic heterocycles. The Morgan fingerprint density at radius 3 is 2.23 bits per heavy atom. The minimum atomic E-state index is -0.942. The van der Waals surface area contributed by atoms with Crippen LogP contribution in [0.4, 0.5) is 17.6 Å². The van der Waals surface area contributed by atoms with Gasteiger partial charge in [0.2, 0.25) is 23.7 Å². The number of aliphatic hydroxyl groups is 1. The Balaban J connectivity index is 0.738. The summed E-state index contributed by atoms with van der Waals surface area (Å²) >= 11 is 1.58. The van der Waals surface area contributed by atoms with E-state index in [4.69, 9.17) is 24.2 Å². The van der Waals surface area contributed by atoms with Crippen molar-refractivity contribution < 1.29 is 33.7 Å². The van der Waals surface area contributed by atoms with Crippen LogP contribution in [-0.2, 0) is 35.2 Å². The van der Waals surface area contributed by atoms with Gasteiger partial charge in [0.1, 0.15) is 48.3 Å². The van der Waals surface area contributed by atoms with Crippen LogP contribution < -0.4 is 20.9 Å². The number of imidazole rings is 1. The number of ether oxygens (including phenoxy) is 3. The number of β-amino-alcohol motifs (C(OH)–C–C–N with tert-alkyl or cyclic N) is 1. The lowest BCUT2D eigenvalue weighted by atomic mass is 9.85. The molecular formula is C53H75N13O7S. The van der Waals surface area contributed by atoms with E-state index in [0.29, 0.717) is 43.9 Å². The summed E-state index contributed by atoms with van der Waals surface area (Å²) in [6.45, 7) is 21.5. The molecule has 5 aromatic rings. The van der Waals surface area contributed by atoms with Crippen molar-refractivity contribution in [2.24, 2.45) is 5.41 Å². The number of rotatable bonds is 21. The second kappa shape index (κ2) is 24.8. The summed E-state index contributed by atoms with van der Waals surface area (Å²) in [5.74, 6) is 1.71. The number of methoxy groups -OCH3 is 1. The van der Waals surface area contributed by atoms with Gasteiger partial charge in [-0.1, -0.05) is 45.0 Å². The van der Waals surface area contributed by atoms with E-state index in [1.165, 1.54) is 4.90 Å². The molecule has 3 amide bonds. The van der Waals surface area contributed by atoms with Crippen LogP contribution in [0.25, 0.3) is 21.5 Å². The second-order valence-electron chi connectivity index (χ2n) is 21.0. The smallest absolute Gasteiger partial charge is 0.246 e. The maximum absolute atomic E-state index is 14.2. The zero-order valence-electron chi connectivity index (χ0n) is 44.3. The zero-order chi connectivity index (χ0) is 52.5. The minimum absolute atomic E-state index is 0.00252. The van der Waals surface area contributed by atoms with Crippen molar-refractivity contribution in [3.05, 3.63) is 71.4 Å². The minimum Gasteiger partial charge on any atom is -0.391 e. The summed E-state index contributed by atoms with van der Waals surface area (Å²) in [4.78, 5) is 73.7. The second-order valence-corrected chi connectivity index (χ2v) is 21.9. The van der Waals surface area contributed by atoms with E-state index >= 15 is 0 Å². The number of pyridine rings is 1. The van der Waals surface area contributed by atoms with E-state index < -0.39 is 35.4 Å². The molecule has 3 aliphatic heterocycles. The first kappa shape index (κ1) is 54.6. The molecule has 0 bridgehead atoms. The molecule has 4 atom stereocenters. The van der Waals surface area contributed by atoms with E-state index in [0.717, 1.165) is 97.2 Å². The molecule has 400 valence electrons. The number of aromatic nitrogens is 6. The fraction of sp³-hybridized carbons (Fsp3) is 0.585. The fourth-order valence-corrected chi connectivity index (χ4v) is 10.8. The number of amides is 3. The monoisotopic (exact) mass is 1040 g/mol. The third kappa shape index (κ3) is 13.8. The van der Waals surface area contributed by atoms with Gasteiger partial charge in [-0.15, -0.1) is 11.3 Å². The Morgan fingerprint density at radius 2 is 1.58 bits per heavy atom. The van der Waals surface area contributed by atoms with E-state index in [-0.39, 0.29) is 43.7 Å². The van der Waals surface area contributed by atoms with Gasteiger partial charge in [-0.05, 0) is 63.1 Å². The van der Waals surface area contributed by atoms with Gasteiger partial charge >= 0.3 is 0 Å². The van der Waals surface area contributed by atoms with E-state index in [2.05, 4.69) is 64.0 Å². The molecule has 3 fully saturated rings. The number of likely N-dealkylation sites (tertiary alicyclic amines) is 1. The van der Waals surface area contributed by atoms with Crippen LogP contribution in [0, 0.1) is 12.3 Å². The Labute approximate surface area is 438 Å². The SMILES string of the molecule is COC1CCN(c2nccc(Nc3cc4c(cn3)nc(COCCN3CCN(CCOCC(=O)N[C@H](C(=O)N5C[C@H](O)C[C@H]5C(=O)N[C@@H](C)c5ccc(-c6scnc6C)cc5)C(C)(C)C)CC3)n4C(C)C)n2)CC1. The van der Waals surface area contributed by atoms with Gasteiger partial charge in [0.25, 0.3) is 0 Å². The molecule has 4 N–H and O–H groups in total. The van der Waals surface area contributed by atoms with Crippen molar-refractivity contribution in [3.8, 4) is 10.4 Å². The number of nitrogens with one attached hydrogen (secondary N) is 3. The van der Waals surface area contributed by atoms with Gasteiger partial charge in [0, 0.05) is 90.7 Å². The van der Waals surface area contributed by atoms with Gasteiger partial charge in [-0.25, -0.2) is 19.9 Å². The highest BCUT2D eigenvalue weighted by Gasteiger charge is 2.45. The van der Waals surface area contributed by atoms with Crippen LogP contribution in [-0.4, -0.2) is 177 Å². The number of piperidine rings is 1. The van der Waals surface area contributed by atoms with Gasteiger partial charge < -0.3 is 49.6 Å². The van der Waals surface area contributed by atoms with Crippen LogP contribution in [0.1, 0.15) is 90.0 Å². The van der Waals surface area contributed by atoms with Gasteiger partial charge in [-0.2, -0.15) is 4.98 Å². The maximum Gasteiger partial charge on any atom is 0.246 e. The van der Waals surface area contributed by atoms with Crippen molar-refractivity contribution in [2.45, 2.75) is 111 Å². The molecule has 1 aromatic carbocycles. The zero-order valence-corrected chi connectivity index (χ0v) is 45.1. The summed E-state index contributed by atoms with van der Waals surface area (Å²) in [7, 11) is 1.77. The predicted molar refractivity (Wildman–Crippen MR) is 285 cm³/mol. The van der Waals surface area contributed by atoms with Crippen molar-refractivity contribution in [1.29, 1.82) is 0 Å². The predicted octanol–water partition coefficient (Wildman–Crippen LogP) is 5.11. The number of nitrogens with zero attached hydrogens (tertiary/aromatic N) is 10. The first-order valence-corrected chi connectivity index (χ1v) is 26.9. The number of carbonyl (C=O) groups excluding carboxylic acids is 3. The summed E-state index contributed by atoms with van der Waals surface area (Å²) in [6.07, 6.45) is 4.98. The number of fused-ring (bicyclic) bond motifs is 1. The number of hydrogen-bond acceptors (Lipinski definition) is 17. The third-order valence-corrected chi connectivity index (χ3v) is 15.2. The molecule has 8 rings (SSSR count). The number of aryl methyl sites for hydroxylation is 1. The molecule has 7 heterocycles.